The maximum atomic E-state index is 12.8. The van der Waals surface area contributed by atoms with Gasteiger partial charge in [-0.25, -0.2) is 0 Å². The number of amides is 1. The van der Waals surface area contributed by atoms with Gasteiger partial charge in [0.25, 0.3) is 5.91 Å². The number of methoxy groups -OCH3 is 1. The van der Waals surface area contributed by atoms with Crippen molar-refractivity contribution in [3.05, 3.63) is 88.4 Å². The van der Waals surface area contributed by atoms with Crippen molar-refractivity contribution in [2.24, 2.45) is 0 Å². The molecular formula is C27H29ClN2O3. The second kappa shape index (κ2) is 11.2. The van der Waals surface area contributed by atoms with E-state index in [1.165, 1.54) is 37.9 Å². The summed E-state index contributed by atoms with van der Waals surface area (Å²) < 4.78 is 11.3. The van der Waals surface area contributed by atoms with Crippen LogP contribution in [0.4, 0.5) is 5.69 Å². The topological polar surface area (TPSA) is 50.8 Å². The highest BCUT2D eigenvalue weighted by Gasteiger charge is 2.13. The number of ether oxygens (including phenoxy) is 2. The van der Waals surface area contributed by atoms with E-state index in [9.17, 15) is 4.79 Å². The van der Waals surface area contributed by atoms with E-state index in [-0.39, 0.29) is 5.91 Å². The molecule has 1 amide bonds. The molecule has 6 heteroatoms. The molecule has 5 nitrogen and oxygen atoms in total. The third-order valence-corrected chi connectivity index (χ3v) is 6.05. The number of halogens is 1. The summed E-state index contributed by atoms with van der Waals surface area (Å²) in [4.78, 5) is 15.3. The van der Waals surface area contributed by atoms with Gasteiger partial charge in [0.1, 0.15) is 6.61 Å². The fourth-order valence-electron chi connectivity index (χ4n) is 3.94. The Balaban J connectivity index is 1.35. The van der Waals surface area contributed by atoms with Gasteiger partial charge in [-0.3, -0.25) is 9.69 Å². The molecule has 0 saturated carbocycles. The molecule has 172 valence electrons. The van der Waals surface area contributed by atoms with Gasteiger partial charge in [-0.05, 0) is 79.5 Å². The number of benzene rings is 3. The minimum absolute atomic E-state index is 0.193. The van der Waals surface area contributed by atoms with E-state index in [0.29, 0.717) is 28.7 Å². The van der Waals surface area contributed by atoms with Crippen LogP contribution < -0.4 is 14.8 Å². The van der Waals surface area contributed by atoms with Crippen LogP contribution in [-0.4, -0.2) is 31.0 Å². The van der Waals surface area contributed by atoms with Crippen LogP contribution in [0.25, 0.3) is 0 Å². The molecule has 0 aromatic heterocycles. The maximum absolute atomic E-state index is 12.8. The smallest absolute Gasteiger partial charge is 0.255 e. The highest BCUT2D eigenvalue weighted by Crippen LogP contribution is 2.29. The molecule has 1 fully saturated rings. The minimum atomic E-state index is -0.193. The van der Waals surface area contributed by atoms with Gasteiger partial charge in [-0.2, -0.15) is 0 Å². The number of anilines is 1. The quantitative estimate of drug-likeness (QED) is 0.433. The molecule has 1 aliphatic heterocycles. The number of likely N-dealkylation sites (tertiary alicyclic amines) is 1. The number of rotatable bonds is 8. The van der Waals surface area contributed by atoms with Crippen LogP contribution in [-0.2, 0) is 13.2 Å². The van der Waals surface area contributed by atoms with Crippen LogP contribution in [0.1, 0.15) is 40.7 Å². The summed E-state index contributed by atoms with van der Waals surface area (Å²) in [5.41, 5.74) is 3.53. The Bertz CT molecular complexity index is 1060. The first-order valence-corrected chi connectivity index (χ1v) is 11.7. The summed E-state index contributed by atoms with van der Waals surface area (Å²) in [5, 5.41) is 3.65. The zero-order chi connectivity index (χ0) is 23.0. The highest BCUT2D eigenvalue weighted by atomic mass is 35.5. The third-order valence-electron chi connectivity index (χ3n) is 5.80. The van der Waals surface area contributed by atoms with Crippen molar-refractivity contribution < 1.29 is 14.3 Å². The zero-order valence-corrected chi connectivity index (χ0v) is 19.6. The van der Waals surface area contributed by atoms with Gasteiger partial charge in [0.05, 0.1) is 7.11 Å². The van der Waals surface area contributed by atoms with Crippen molar-refractivity contribution in [2.45, 2.75) is 32.4 Å². The number of nitrogens with one attached hydrogen (secondary N) is 1. The first kappa shape index (κ1) is 23.1. The summed E-state index contributed by atoms with van der Waals surface area (Å²) >= 11 is 5.93. The molecular weight excluding hydrogens is 436 g/mol. The lowest BCUT2D eigenvalue weighted by molar-refractivity contribution is 0.102. The van der Waals surface area contributed by atoms with Gasteiger partial charge in [-0.15, -0.1) is 0 Å². The van der Waals surface area contributed by atoms with Gasteiger partial charge in [0.2, 0.25) is 0 Å². The number of hydrogen-bond donors (Lipinski definition) is 1. The van der Waals surface area contributed by atoms with Crippen LogP contribution in [0.15, 0.2) is 66.7 Å². The van der Waals surface area contributed by atoms with Crippen molar-refractivity contribution in [3.8, 4) is 11.5 Å². The molecule has 0 radical (unpaired) electrons. The minimum Gasteiger partial charge on any atom is -0.493 e. The van der Waals surface area contributed by atoms with Gasteiger partial charge in [0, 0.05) is 22.8 Å². The summed E-state index contributed by atoms with van der Waals surface area (Å²) in [6.45, 7) is 3.67. The van der Waals surface area contributed by atoms with E-state index in [4.69, 9.17) is 21.1 Å². The Kier molecular flexibility index (Phi) is 7.87. The fraction of sp³-hybridized carbons (Fsp3) is 0.296. The van der Waals surface area contributed by atoms with Crippen molar-refractivity contribution in [2.75, 3.05) is 25.5 Å². The largest absolute Gasteiger partial charge is 0.493 e. The lowest BCUT2D eigenvalue weighted by Crippen LogP contribution is -2.29. The molecule has 3 aromatic rings. The van der Waals surface area contributed by atoms with E-state index in [2.05, 4.69) is 22.3 Å². The Labute approximate surface area is 200 Å². The molecule has 0 aliphatic carbocycles. The number of nitrogens with zero attached hydrogens (tertiary/aromatic N) is 1. The van der Waals surface area contributed by atoms with E-state index >= 15 is 0 Å². The van der Waals surface area contributed by atoms with Crippen molar-refractivity contribution in [1.82, 2.24) is 4.90 Å². The third kappa shape index (κ3) is 6.50. The first-order valence-electron chi connectivity index (χ1n) is 11.3. The van der Waals surface area contributed by atoms with E-state index in [1.807, 2.05) is 36.4 Å². The summed E-state index contributed by atoms with van der Waals surface area (Å²) in [7, 11) is 1.56. The van der Waals surface area contributed by atoms with Crippen LogP contribution in [0.3, 0.4) is 0 Å². The number of piperidine rings is 1. The Morgan fingerprint density at radius 2 is 1.61 bits per heavy atom. The predicted octanol–water partition coefficient (Wildman–Crippen LogP) is 6.17. The molecule has 4 rings (SSSR count). The number of carbonyl (C=O) groups is 1. The molecule has 1 heterocycles. The second-order valence-electron chi connectivity index (χ2n) is 8.27. The van der Waals surface area contributed by atoms with Crippen LogP contribution in [0, 0.1) is 0 Å². The monoisotopic (exact) mass is 464 g/mol. The molecule has 0 spiro atoms. The summed E-state index contributed by atoms with van der Waals surface area (Å²) in [6, 6.07) is 20.7. The van der Waals surface area contributed by atoms with Crippen LogP contribution in [0.5, 0.6) is 11.5 Å². The summed E-state index contributed by atoms with van der Waals surface area (Å²) in [5.74, 6) is 0.890. The Morgan fingerprint density at radius 3 is 2.30 bits per heavy atom. The van der Waals surface area contributed by atoms with Crippen molar-refractivity contribution >= 4 is 23.2 Å². The van der Waals surface area contributed by atoms with E-state index in [0.717, 1.165) is 17.8 Å². The predicted molar refractivity (Wildman–Crippen MR) is 132 cm³/mol. The summed E-state index contributed by atoms with van der Waals surface area (Å²) in [6.07, 6.45) is 3.90. The van der Waals surface area contributed by atoms with E-state index in [1.54, 1.807) is 25.3 Å². The molecule has 1 aliphatic rings. The molecule has 0 unspecified atom stereocenters. The van der Waals surface area contributed by atoms with Crippen molar-refractivity contribution in [3.63, 3.8) is 0 Å². The van der Waals surface area contributed by atoms with Crippen LogP contribution in [0.2, 0.25) is 5.02 Å². The SMILES string of the molecule is COc1cc(C(=O)Nc2ccc(CN3CCCCC3)cc2)ccc1OCc1ccc(Cl)cc1. The van der Waals surface area contributed by atoms with E-state index < -0.39 is 0 Å². The average Bonchev–Trinajstić information content (AvgIpc) is 2.85. The lowest BCUT2D eigenvalue weighted by Gasteiger charge is -2.26. The Morgan fingerprint density at radius 1 is 0.909 bits per heavy atom. The van der Waals surface area contributed by atoms with Gasteiger partial charge < -0.3 is 14.8 Å². The van der Waals surface area contributed by atoms with Gasteiger partial charge >= 0.3 is 0 Å². The number of hydrogen-bond acceptors (Lipinski definition) is 4. The van der Waals surface area contributed by atoms with Gasteiger partial charge in [0.15, 0.2) is 11.5 Å². The average molecular weight is 465 g/mol. The molecule has 1 saturated heterocycles. The zero-order valence-electron chi connectivity index (χ0n) is 18.9. The molecule has 33 heavy (non-hydrogen) atoms. The molecule has 0 atom stereocenters. The lowest BCUT2D eigenvalue weighted by atomic mass is 10.1. The molecule has 3 aromatic carbocycles. The Hall–Kier alpha value is -3.02. The first-order chi connectivity index (χ1) is 16.1. The van der Waals surface area contributed by atoms with Crippen LogP contribution >= 0.6 is 11.6 Å². The van der Waals surface area contributed by atoms with Gasteiger partial charge in [-0.1, -0.05) is 42.3 Å². The highest BCUT2D eigenvalue weighted by molar-refractivity contribution is 6.30. The van der Waals surface area contributed by atoms with Crippen molar-refractivity contribution in [1.29, 1.82) is 0 Å². The number of carbonyl (C=O) groups excluding carboxylic acids is 1. The standard InChI is InChI=1S/C27H29ClN2O3/c1-32-26-17-22(9-14-25(26)33-19-21-5-10-23(28)11-6-21)27(31)29-24-12-7-20(8-13-24)18-30-15-3-2-4-16-30/h5-14,17H,2-4,15-16,18-19H2,1H3,(H,29,31). The normalized spacial score (nSPS) is 14.0. The second-order valence-corrected chi connectivity index (χ2v) is 8.71. The maximum Gasteiger partial charge on any atom is 0.255 e. The molecule has 1 N–H and O–H groups in total. The fourth-order valence-corrected chi connectivity index (χ4v) is 4.07. The molecule has 0 bridgehead atoms.